The van der Waals surface area contributed by atoms with Gasteiger partial charge in [0.25, 0.3) is 0 Å². The highest BCUT2D eigenvalue weighted by Gasteiger charge is 2.18. The Labute approximate surface area is 113 Å². The molecule has 1 saturated carbocycles. The van der Waals surface area contributed by atoms with E-state index in [-0.39, 0.29) is 6.10 Å². The molecule has 0 radical (unpaired) electrons. The topological polar surface area (TPSA) is 50.1 Å². The van der Waals surface area contributed by atoms with E-state index in [1.54, 1.807) is 6.20 Å². The van der Waals surface area contributed by atoms with Gasteiger partial charge in [0.2, 0.25) is 0 Å². The molecule has 4 nitrogen and oxygen atoms in total. The van der Waals surface area contributed by atoms with Gasteiger partial charge >= 0.3 is 0 Å². The number of anilines is 1. The first-order valence-electron chi connectivity index (χ1n) is 6.86. The SMILES string of the molecule is OC1CCC(Nc2cccc(-n3cccn3)c2)CC1. The first-order chi connectivity index (χ1) is 9.31. The van der Waals surface area contributed by atoms with E-state index in [1.807, 2.05) is 29.1 Å². The summed E-state index contributed by atoms with van der Waals surface area (Å²) in [6.07, 6.45) is 7.49. The molecule has 1 heterocycles. The summed E-state index contributed by atoms with van der Waals surface area (Å²) < 4.78 is 1.86. The predicted octanol–water partition coefficient (Wildman–Crippen LogP) is 2.59. The summed E-state index contributed by atoms with van der Waals surface area (Å²) in [5, 5.41) is 17.3. The monoisotopic (exact) mass is 257 g/mol. The van der Waals surface area contributed by atoms with Gasteiger partial charge in [-0.15, -0.1) is 0 Å². The summed E-state index contributed by atoms with van der Waals surface area (Å²) in [5.74, 6) is 0. The number of hydrogen-bond acceptors (Lipinski definition) is 3. The Kier molecular flexibility index (Phi) is 3.51. The summed E-state index contributed by atoms with van der Waals surface area (Å²) in [5.41, 5.74) is 2.18. The van der Waals surface area contributed by atoms with Crippen molar-refractivity contribution in [3.63, 3.8) is 0 Å². The second kappa shape index (κ2) is 5.45. The molecule has 2 N–H and O–H groups in total. The lowest BCUT2D eigenvalue weighted by Gasteiger charge is -2.27. The molecule has 100 valence electrons. The van der Waals surface area contributed by atoms with Crippen LogP contribution >= 0.6 is 0 Å². The van der Waals surface area contributed by atoms with Crippen LogP contribution in [0, 0.1) is 0 Å². The van der Waals surface area contributed by atoms with Gasteiger partial charge in [-0.2, -0.15) is 5.10 Å². The van der Waals surface area contributed by atoms with E-state index in [9.17, 15) is 5.11 Å². The number of nitrogens with one attached hydrogen (secondary N) is 1. The van der Waals surface area contributed by atoms with E-state index in [0.717, 1.165) is 37.1 Å². The van der Waals surface area contributed by atoms with Crippen LogP contribution < -0.4 is 5.32 Å². The summed E-state index contributed by atoms with van der Waals surface area (Å²) in [4.78, 5) is 0. The van der Waals surface area contributed by atoms with Crippen molar-refractivity contribution in [2.24, 2.45) is 0 Å². The minimum Gasteiger partial charge on any atom is -0.393 e. The van der Waals surface area contributed by atoms with Gasteiger partial charge in [0.15, 0.2) is 0 Å². The molecule has 0 unspecified atom stereocenters. The third kappa shape index (κ3) is 2.96. The fourth-order valence-electron chi connectivity index (χ4n) is 2.62. The highest BCUT2D eigenvalue weighted by Crippen LogP contribution is 2.23. The van der Waals surface area contributed by atoms with Crippen molar-refractivity contribution in [2.75, 3.05) is 5.32 Å². The Morgan fingerprint density at radius 2 is 2.00 bits per heavy atom. The van der Waals surface area contributed by atoms with E-state index < -0.39 is 0 Å². The Morgan fingerprint density at radius 1 is 1.16 bits per heavy atom. The molecule has 1 aromatic heterocycles. The maximum absolute atomic E-state index is 9.52. The number of hydrogen-bond donors (Lipinski definition) is 2. The molecule has 1 aliphatic rings. The summed E-state index contributed by atoms with van der Waals surface area (Å²) in [6.45, 7) is 0. The number of rotatable bonds is 3. The lowest BCUT2D eigenvalue weighted by Crippen LogP contribution is -2.28. The van der Waals surface area contributed by atoms with Crippen LogP contribution in [0.15, 0.2) is 42.7 Å². The van der Waals surface area contributed by atoms with Crippen LogP contribution in [0.3, 0.4) is 0 Å². The molecule has 0 aliphatic heterocycles. The molecule has 0 amide bonds. The van der Waals surface area contributed by atoms with Gasteiger partial charge < -0.3 is 10.4 Å². The van der Waals surface area contributed by atoms with E-state index in [4.69, 9.17) is 0 Å². The molecular formula is C15H19N3O. The highest BCUT2D eigenvalue weighted by molar-refractivity contribution is 5.51. The zero-order valence-corrected chi connectivity index (χ0v) is 10.9. The molecule has 4 heteroatoms. The van der Waals surface area contributed by atoms with Crippen LogP contribution in [0.4, 0.5) is 5.69 Å². The van der Waals surface area contributed by atoms with Crippen LogP contribution in [0.25, 0.3) is 5.69 Å². The minimum atomic E-state index is -0.103. The van der Waals surface area contributed by atoms with Crippen molar-refractivity contribution >= 4 is 5.69 Å². The van der Waals surface area contributed by atoms with E-state index in [0.29, 0.717) is 6.04 Å². The molecule has 2 aromatic rings. The van der Waals surface area contributed by atoms with Crippen molar-refractivity contribution < 1.29 is 5.11 Å². The summed E-state index contributed by atoms with van der Waals surface area (Å²) in [7, 11) is 0. The van der Waals surface area contributed by atoms with Crippen molar-refractivity contribution in [3.8, 4) is 5.69 Å². The Bertz CT molecular complexity index is 516. The Hall–Kier alpha value is -1.81. The summed E-state index contributed by atoms with van der Waals surface area (Å²) >= 11 is 0. The van der Waals surface area contributed by atoms with E-state index in [2.05, 4.69) is 22.5 Å². The zero-order chi connectivity index (χ0) is 13.1. The van der Waals surface area contributed by atoms with Gasteiger partial charge in [0, 0.05) is 24.1 Å². The van der Waals surface area contributed by atoms with Gasteiger partial charge in [0.1, 0.15) is 0 Å². The van der Waals surface area contributed by atoms with E-state index in [1.165, 1.54) is 0 Å². The smallest absolute Gasteiger partial charge is 0.0666 e. The van der Waals surface area contributed by atoms with Crippen molar-refractivity contribution in [1.29, 1.82) is 0 Å². The quantitative estimate of drug-likeness (QED) is 0.888. The lowest BCUT2D eigenvalue weighted by atomic mass is 9.93. The van der Waals surface area contributed by atoms with Gasteiger partial charge in [-0.1, -0.05) is 6.07 Å². The molecule has 0 atom stereocenters. The van der Waals surface area contributed by atoms with Crippen LogP contribution in [0.2, 0.25) is 0 Å². The second-order valence-corrected chi connectivity index (χ2v) is 5.15. The molecule has 3 rings (SSSR count). The third-order valence-corrected chi connectivity index (χ3v) is 3.68. The minimum absolute atomic E-state index is 0.103. The van der Waals surface area contributed by atoms with Crippen LogP contribution in [-0.2, 0) is 0 Å². The average Bonchev–Trinajstić information content (AvgIpc) is 2.96. The first-order valence-corrected chi connectivity index (χ1v) is 6.86. The molecule has 19 heavy (non-hydrogen) atoms. The number of aromatic nitrogens is 2. The van der Waals surface area contributed by atoms with Crippen molar-refractivity contribution in [1.82, 2.24) is 9.78 Å². The molecule has 0 saturated heterocycles. The molecule has 1 fully saturated rings. The number of nitrogens with zero attached hydrogens (tertiary/aromatic N) is 2. The second-order valence-electron chi connectivity index (χ2n) is 5.15. The highest BCUT2D eigenvalue weighted by atomic mass is 16.3. The first kappa shape index (κ1) is 12.2. The molecule has 1 aliphatic carbocycles. The van der Waals surface area contributed by atoms with E-state index >= 15 is 0 Å². The lowest BCUT2D eigenvalue weighted by molar-refractivity contribution is 0.126. The zero-order valence-electron chi connectivity index (χ0n) is 10.9. The van der Waals surface area contributed by atoms with Gasteiger partial charge in [0.05, 0.1) is 11.8 Å². The molecular weight excluding hydrogens is 238 g/mol. The molecule has 0 bridgehead atoms. The fourth-order valence-corrected chi connectivity index (χ4v) is 2.62. The van der Waals surface area contributed by atoms with Crippen molar-refractivity contribution in [2.45, 2.75) is 37.8 Å². The van der Waals surface area contributed by atoms with Crippen LogP contribution in [0.5, 0.6) is 0 Å². The molecule has 0 spiro atoms. The van der Waals surface area contributed by atoms with Gasteiger partial charge in [-0.3, -0.25) is 0 Å². The fraction of sp³-hybridized carbons (Fsp3) is 0.400. The molecule has 1 aromatic carbocycles. The maximum Gasteiger partial charge on any atom is 0.0666 e. The number of aliphatic hydroxyl groups excluding tert-OH is 1. The van der Waals surface area contributed by atoms with Gasteiger partial charge in [-0.05, 0) is 49.9 Å². The summed E-state index contributed by atoms with van der Waals surface area (Å²) in [6, 6.07) is 10.7. The Balaban J connectivity index is 1.70. The third-order valence-electron chi connectivity index (χ3n) is 3.68. The van der Waals surface area contributed by atoms with Crippen LogP contribution in [-0.4, -0.2) is 27.0 Å². The van der Waals surface area contributed by atoms with Gasteiger partial charge in [-0.25, -0.2) is 4.68 Å². The number of aliphatic hydroxyl groups is 1. The predicted molar refractivity (Wildman–Crippen MR) is 75.4 cm³/mol. The largest absolute Gasteiger partial charge is 0.393 e. The normalized spacial score (nSPS) is 23.2. The average molecular weight is 257 g/mol. The van der Waals surface area contributed by atoms with Crippen molar-refractivity contribution in [3.05, 3.63) is 42.7 Å². The van der Waals surface area contributed by atoms with Crippen LogP contribution in [0.1, 0.15) is 25.7 Å². The standard InChI is InChI=1S/C15H19N3O/c19-15-7-5-12(6-8-15)17-13-3-1-4-14(11-13)18-10-2-9-16-18/h1-4,9-12,15,17,19H,5-8H2. The maximum atomic E-state index is 9.52. The Morgan fingerprint density at radius 3 is 2.74 bits per heavy atom. The number of benzene rings is 1.